The largest absolute Gasteiger partial charge is 0.481 e. The van der Waals surface area contributed by atoms with Crippen LogP contribution < -0.4 is 53.6 Å². The molecule has 0 rings (SSSR count). The molecule has 17 N–H and O–H groups in total. The average molecular weight is 967 g/mol. The molecule has 0 fully saturated rings. The zero-order valence-electron chi connectivity index (χ0n) is 37.7. The number of hydrogen-bond acceptors (Lipinski definition) is 17. The molecule has 0 radical (unpaired) electrons. The second-order valence-electron chi connectivity index (χ2n) is 15.6. The molecule has 0 saturated heterocycles. The smallest absolute Gasteiger partial charge is 0.326 e. The summed E-state index contributed by atoms with van der Waals surface area (Å²) < 4.78 is 0. The fourth-order valence-electron chi connectivity index (χ4n) is 5.48. The van der Waals surface area contributed by atoms with Crippen LogP contribution in [0.3, 0.4) is 0 Å². The molecule has 0 aromatic carbocycles. The van der Waals surface area contributed by atoms with Gasteiger partial charge in [0.2, 0.25) is 53.2 Å². The summed E-state index contributed by atoms with van der Waals surface area (Å²) >= 11 is 1.29. The predicted octanol–water partition coefficient (Wildman–Crippen LogP) is -7.16. The fraction of sp³-hybridized carbons (Fsp3) is 0.711. The first kappa shape index (κ1) is 60.3. The lowest BCUT2D eigenvalue weighted by Crippen LogP contribution is -2.63. The van der Waals surface area contributed by atoms with E-state index in [0.29, 0.717) is 5.75 Å². The third-order valence-electron chi connectivity index (χ3n) is 9.21. The van der Waals surface area contributed by atoms with E-state index in [9.17, 15) is 78.3 Å². The minimum atomic E-state index is -1.84. The minimum absolute atomic E-state index is 0.0148. The summed E-state index contributed by atoms with van der Waals surface area (Å²) in [7, 11) is 0. The van der Waals surface area contributed by atoms with Crippen molar-refractivity contribution in [3.63, 3.8) is 0 Å². The van der Waals surface area contributed by atoms with Gasteiger partial charge in [0, 0.05) is 6.42 Å². The highest BCUT2D eigenvalue weighted by Gasteiger charge is 2.36. The summed E-state index contributed by atoms with van der Waals surface area (Å²) in [6.45, 7) is 5.48. The average Bonchev–Trinajstić information content (AvgIpc) is 3.23. The molecule has 0 heterocycles. The third-order valence-corrected chi connectivity index (χ3v) is 9.85. The van der Waals surface area contributed by atoms with Crippen LogP contribution in [-0.2, 0) is 52.7 Å². The highest BCUT2D eigenvalue weighted by Crippen LogP contribution is 2.09. The number of aliphatic hydroxyl groups is 4. The van der Waals surface area contributed by atoms with Gasteiger partial charge in [-0.05, 0) is 64.9 Å². The second kappa shape index (κ2) is 30.5. The van der Waals surface area contributed by atoms with E-state index in [-0.39, 0.29) is 18.8 Å². The van der Waals surface area contributed by atoms with Crippen molar-refractivity contribution in [2.45, 2.75) is 134 Å². The first-order valence-electron chi connectivity index (χ1n) is 20.7. The number of nitrogens with one attached hydrogen (secondary N) is 9. The summed E-state index contributed by atoms with van der Waals surface area (Å²) in [6.07, 6.45) is -2.78. The Balaban J connectivity index is 5.97. The molecule has 0 aliphatic heterocycles. The highest BCUT2D eigenvalue weighted by molar-refractivity contribution is 7.98. The van der Waals surface area contributed by atoms with Gasteiger partial charge in [0.25, 0.3) is 0 Å². The molecular weight excluding hydrogens is 901 g/mol. The lowest BCUT2D eigenvalue weighted by atomic mass is 10.0. The van der Waals surface area contributed by atoms with Crippen molar-refractivity contribution in [1.82, 2.24) is 47.9 Å². The van der Waals surface area contributed by atoms with Crippen LogP contribution >= 0.6 is 11.8 Å². The van der Waals surface area contributed by atoms with Gasteiger partial charge in [0.15, 0.2) is 0 Å². The Kier molecular flexibility index (Phi) is 27.9. The number of aliphatic carboxylic acids is 2. The Hall–Kier alpha value is -5.68. The number of nitrogens with two attached hydrogens (primary N) is 1. The second-order valence-corrected chi connectivity index (χ2v) is 16.6. The van der Waals surface area contributed by atoms with Gasteiger partial charge in [0.05, 0.1) is 38.0 Å². The predicted molar refractivity (Wildman–Crippen MR) is 232 cm³/mol. The summed E-state index contributed by atoms with van der Waals surface area (Å²) in [4.78, 5) is 139. The van der Waals surface area contributed by atoms with Gasteiger partial charge < -0.3 is 84.2 Å². The molecule has 66 heavy (non-hydrogen) atoms. The topological polar surface area (TPSA) is 443 Å². The molecule has 11 atom stereocenters. The quantitative estimate of drug-likeness (QED) is 0.0307. The molecule has 0 unspecified atom stereocenters. The Morgan fingerprint density at radius 2 is 0.985 bits per heavy atom. The number of carboxylic acids is 2. The zero-order valence-corrected chi connectivity index (χ0v) is 38.6. The molecule has 0 saturated carbocycles. The molecule has 28 heteroatoms. The van der Waals surface area contributed by atoms with Crippen LogP contribution in [0.1, 0.15) is 67.2 Å². The van der Waals surface area contributed by atoms with Crippen LogP contribution in [0.5, 0.6) is 0 Å². The molecular formula is C38H66N10O17S. The van der Waals surface area contributed by atoms with E-state index in [4.69, 9.17) is 10.8 Å². The van der Waals surface area contributed by atoms with Crippen LogP contribution in [-0.4, -0.2) is 194 Å². The van der Waals surface area contributed by atoms with Crippen molar-refractivity contribution in [2.75, 3.05) is 31.8 Å². The Morgan fingerprint density at radius 3 is 1.45 bits per heavy atom. The molecule has 0 spiro atoms. The van der Waals surface area contributed by atoms with Crippen molar-refractivity contribution >= 4 is 76.9 Å². The summed E-state index contributed by atoms with van der Waals surface area (Å²) in [6, 6.07) is -13.7. The van der Waals surface area contributed by atoms with E-state index in [0.717, 1.165) is 20.8 Å². The van der Waals surface area contributed by atoms with Gasteiger partial charge in [-0.15, -0.1) is 0 Å². The van der Waals surface area contributed by atoms with Crippen LogP contribution in [0.2, 0.25) is 0 Å². The van der Waals surface area contributed by atoms with Crippen molar-refractivity contribution in [2.24, 2.45) is 11.7 Å². The first-order chi connectivity index (χ1) is 30.7. The van der Waals surface area contributed by atoms with Gasteiger partial charge in [-0.2, -0.15) is 11.8 Å². The first-order valence-corrected chi connectivity index (χ1v) is 22.1. The van der Waals surface area contributed by atoms with Gasteiger partial charge in [0.1, 0.15) is 48.3 Å². The number of carbonyl (C=O) groups is 11. The summed E-state index contributed by atoms with van der Waals surface area (Å²) in [5.41, 5.74) is 5.46. The van der Waals surface area contributed by atoms with Gasteiger partial charge in [-0.3, -0.25) is 47.9 Å². The van der Waals surface area contributed by atoms with Crippen LogP contribution in [0.15, 0.2) is 0 Å². The normalized spacial score (nSPS) is 16.1. The van der Waals surface area contributed by atoms with E-state index in [2.05, 4.69) is 47.9 Å². The lowest BCUT2D eigenvalue weighted by molar-refractivity contribution is -0.143. The van der Waals surface area contributed by atoms with Crippen LogP contribution in [0, 0.1) is 5.92 Å². The zero-order chi connectivity index (χ0) is 51.0. The molecule has 27 nitrogen and oxygen atoms in total. The molecule has 0 bridgehead atoms. The number of rotatable bonds is 31. The third kappa shape index (κ3) is 22.5. The SMILES string of the molecule is CSCC[C@H](NC(=O)CNC(=O)[C@H](CO)NC(=O)[C@H](C)N)C(=O)N[C@H](C(=O)N[C@H](C(=O)N[C@@H](CC(C)C)C(=O)N[C@@H](CO)C(=O)N[C@@H](C)C(=O)N[C@@H](CCC(=O)O)C(=O)O)[C@@H](C)O)[C@@H](C)O. The Morgan fingerprint density at radius 1 is 0.530 bits per heavy atom. The molecule has 0 aromatic rings. The highest BCUT2D eigenvalue weighted by atomic mass is 32.2. The molecule has 9 amide bonds. The van der Waals surface area contributed by atoms with Gasteiger partial charge >= 0.3 is 11.9 Å². The standard InChI is InChI=1S/C38H66N10O17S/c1-16(2)12-23(34(60)46-25(15-50)35(61)41-18(4)31(57)43-22(38(64)65)8-9-27(54)55)44-36(62)28(19(5)51)48-37(63)29(20(6)52)47-33(59)21(10-11-66-7)42-26(53)13-40-32(58)24(14-49)45-30(56)17(3)39/h16-25,28-29,49-52H,8-15,39H2,1-7H3,(H,40,58)(H,41,61)(H,42,53)(H,43,57)(H,44,62)(H,45,56)(H,46,60)(H,47,59)(H,48,63)(H,54,55)(H,64,65)/t17-,18-,19+,20+,21-,22-,23-,24-,25-,28-,29-/m0/s1. The van der Waals surface area contributed by atoms with Crippen LogP contribution in [0.25, 0.3) is 0 Å². The van der Waals surface area contributed by atoms with Crippen LogP contribution in [0.4, 0.5) is 0 Å². The monoisotopic (exact) mass is 966 g/mol. The fourth-order valence-corrected chi connectivity index (χ4v) is 5.95. The van der Waals surface area contributed by atoms with E-state index in [1.165, 1.54) is 18.7 Å². The maximum atomic E-state index is 13.6. The number of thioether (sulfide) groups is 1. The Bertz CT molecular complexity index is 1700. The van der Waals surface area contributed by atoms with E-state index in [1.807, 2.05) is 0 Å². The maximum absolute atomic E-state index is 13.6. The van der Waals surface area contributed by atoms with Crippen molar-refractivity contribution in [1.29, 1.82) is 0 Å². The van der Waals surface area contributed by atoms with Gasteiger partial charge in [-0.25, -0.2) is 4.79 Å². The van der Waals surface area contributed by atoms with Crippen molar-refractivity contribution < 1.29 is 83.4 Å². The summed E-state index contributed by atoms with van der Waals surface area (Å²) in [5.74, 6) is -11.9. The number of aliphatic hydroxyl groups excluding tert-OH is 4. The van der Waals surface area contributed by atoms with E-state index < -0.39 is 164 Å². The molecule has 376 valence electrons. The molecule has 0 aliphatic rings. The number of carboxylic acid groups (broad SMARTS) is 2. The molecule has 0 aromatic heterocycles. The Labute approximate surface area is 384 Å². The van der Waals surface area contributed by atoms with Crippen molar-refractivity contribution in [3.8, 4) is 0 Å². The number of amides is 9. The lowest BCUT2D eigenvalue weighted by Gasteiger charge is -2.29. The number of hydrogen-bond donors (Lipinski definition) is 16. The van der Waals surface area contributed by atoms with E-state index in [1.54, 1.807) is 20.1 Å². The van der Waals surface area contributed by atoms with Crippen molar-refractivity contribution in [3.05, 3.63) is 0 Å². The minimum Gasteiger partial charge on any atom is -0.481 e. The summed E-state index contributed by atoms with van der Waals surface area (Å²) in [5, 5.41) is 78.8. The van der Waals surface area contributed by atoms with E-state index >= 15 is 0 Å². The number of carbonyl (C=O) groups excluding carboxylic acids is 9. The maximum Gasteiger partial charge on any atom is 0.326 e. The van der Waals surface area contributed by atoms with Gasteiger partial charge in [-0.1, -0.05) is 13.8 Å². The molecule has 0 aliphatic carbocycles.